The van der Waals surface area contributed by atoms with Gasteiger partial charge in [-0.05, 0) is 18.6 Å². The van der Waals surface area contributed by atoms with E-state index in [0.717, 1.165) is 23.7 Å². The van der Waals surface area contributed by atoms with Gasteiger partial charge in [0.05, 0.1) is 5.02 Å². The van der Waals surface area contributed by atoms with Gasteiger partial charge in [0.25, 0.3) is 0 Å². The highest BCUT2D eigenvalue weighted by atomic mass is 35.5. The highest BCUT2D eigenvalue weighted by Gasteiger charge is 2.14. The van der Waals surface area contributed by atoms with Gasteiger partial charge in [-0.15, -0.1) is 0 Å². The lowest BCUT2D eigenvalue weighted by Crippen LogP contribution is -1.98. The van der Waals surface area contributed by atoms with E-state index < -0.39 is 0 Å². The second-order valence-corrected chi connectivity index (χ2v) is 5.59. The van der Waals surface area contributed by atoms with E-state index in [2.05, 4.69) is 11.9 Å². The van der Waals surface area contributed by atoms with Crippen molar-refractivity contribution in [3.8, 4) is 0 Å². The largest absolute Gasteiger partial charge is 0.360 e. The summed E-state index contributed by atoms with van der Waals surface area (Å²) in [6.07, 6.45) is 6.69. The van der Waals surface area contributed by atoms with Gasteiger partial charge in [0, 0.05) is 34.1 Å². The molecule has 1 N–H and O–H groups in total. The van der Waals surface area contributed by atoms with Gasteiger partial charge in [-0.3, -0.25) is 4.79 Å². The lowest BCUT2D eigenvalue weighted by atomic mass is 10.0. The van der Waals surface area contributed by atoms with Gasteiger partial charge >= 0.3 is 0 Å². The smallest absolute Gasteiger partial charge is 0.165 e. The van der Waals surface area contributed by atoms with Gasteiger partial charge in [-0.1, -0.05) is 49.4 Å². The van der Waals surface area contributed by atoms with Crippen LogP contribution in [0.4, 0.5) is 0 Å². The van der Waals surface area contributed by atoms with Crippen molar-refractivity contribution in [1.82, 2.24) is 4.98 Å². The molecule has 2 nitrogen and oxygen atoms in total. The first-order valence-electron chi connectivity index (χ1n) is 6.62. The Morgan fingerprint density at radius 1 is 1.21 bits per heavy atom. The maximum atomic E-state index is 12.2. The average Bonchev–Trinajstić information content (AvgIpc) is 2.78. The Morgan fingerprint density at radius 3 is 2.74 bits per heavy atom. The van der Waals surface area contributed by atoms with Crippen LogP contribution in [0.1, 0.15) is 49.4 Å². The lowest BCUT2D eigenvalue weighted by molar-refractivity contribution is 0.0981. The number of carbonyl (C=O) groups is 1. The minimum atomic E-state index is 0.145. The molecule has 102 valence electrons. The number of halogens is 2. The zero-order valence-corrected chi connectivity index (χ0v) is 12.4. The fourth-order valence-corrected chi connectivity index (χ4v) is 2.85. The Bertz CT molecular complexity index is 589. The molecular weight excluding hydrogens is 281 g/mol. The van der Waals surface area contributed by atoms with E-state index in [-0.39, 0.29) is 5.78 Å². The molecule has 0 saturated carbocycles. The number of H-pyrrole nitrogens is 1. The van der Waals surface area contributed by atoms with Gasteiger partial charge in [-0.2, -0.15) is 0 Å². The fourth-order valence-electron chi connectivity index (χ4n) is 2.25. The molecule has 2 aromatic rings. The van der Waals surface area contributed by atoms with E-state index in [1.165, 1.54) is 12.8 Å². The molecule has 2 rings (SSSR count). The SMILES string of the molecule is CCCCCCC(=O)c1c[nH]c2cc(Cl)cc(Cl)c12. The summed E-state index contributed by atoms with van der Waals surface area (Å²) >= 11 is 12.1. The third kappa shape index (κ3) is 3.31. The maximum absolute atomic E-state index is 12.2. The van der Waals surface area contributed by atoms with Crippen LogP contribution in [0.25, 0.3) is 10.9 Å². The van der Waals surface area contributed by atoms with Crippen molar-refractivity contribution in [2.24, 2.45) is 0 Å². The monoisotopic (exact) mass is 297 g/mol. The molecule has 0 aliphatic heterocycles. The topological polar surface area (TPSA) is 32.9 Å². The number of fused-ring (bicyclic) bond motifs is 1. The highest BCUT2D eigenvalue weighted by molar-refractivity contribution is 6.39. The highest BCUT2D eigenvalue weighted by Crippen LogP contribution is 2.31. The number of rotatable bonds is 6. The molecule has 0 atom stereocenters. The molecule has 0 aliphatic carbocycles. The van der Waals surface area contributed by atoms with E-state index in [9.17, 15) is 4.79 Å². The summed E-state index contributed by atoms with van der Waals surface area (Å²) in [5.74, 6) is 0.145. The Labute approximate surface area is 123 Å². The van der Waals surface area contributed by atoms with Crippen LogP contribution in [0.2, 0.25) is 10.0 Å². The van der Waals surface area contributed by atoms with Crippen LogP contribution in [0.3, 0.4) is 0 Å². The minimum Gasteiger partial charge on any atom is -0.360 e. The van der Waals surface area contributed by atoms with E-state index in [0.29, 0.717) is 22.0 Å². The first kappa shape index (κ1) is 14.4. The molecular formula is C15H17Cl2NO. The number of nitrogens with one attached hydrogen (secondary N) is 1. The molecule has 0 saturated heterocycles. The molecule has 0 aliphatic rings. The average molecular weight is 298 g/mol. The number of aromatic nitrogens is 1. The number of carbonyl (C=O) groups excluding carboxylic acids is 1. The molecule has 19 heavy (non-hydrogen) atoms. The van der Waals surface area contributed by atoms with Gasteiger partial charge < -0.3 is 4.98 Å². The summed E-state index contributed by atoms with van der Waals surface area (Å²) in [7, 11) is 0. The summed E-state index contributed by atoms with van der Waals surface area (Å²) in [5, 5.41) is 1.88. The molecule has 0 spiro atoms. The second-order valence-electron chi connectivity index (χ2n) is 4.75. The Hall–Kier alpha value is -0.990. The maximum Gasteiger partial charge on any atom is 0.165 e. The van der Waals surface area contributed by atoms with Crippen molar-refractivity contribution >= 4 is 39.9 Å². The Balaban J connectivity index is 2.18. The molecule has 4 heteroatoms. The quantitative estimate of drug-likeness (QED) is 0.544. The number of Topliss-reactive ketones (excluding diaryl/α,β-unsaturated/α-hetero) is 1. The van der Waals surface area contributed by atoms with E-state index >= 15 is 0 Å². The fraction of sp³-hybridized carbons (Fsp3) is 0.400. The molecule has 0 unspecified atom stereocenters. The van der Waals surface area contributed by atoms with Crippen molar-refractivity contribution in [2.75, 3.05) is 0 Å². The molecule has 1 aromatic heterocycles. The Morgan fingerprint density at radius 2 is 2.00 bits per heavy atom. The van der Waals surface area contributed by atoms with Crippen molar-refractivity contribution < 1.29 is 4.79 Å². The minimum absolute atomic E-state index is 0.145. The number of hydrogen-bond acceptors (Lipinski definition) is 1. The zero-order chi connectivity index (χ0) is 13.8. The third-order valence-corrected chi connectivity index (χ3v) is 3.77. The number of benzene rings is 1. The zero-order valence-electron chi connectivity index (χ0n) is 10.9. The van der Waals surface area contributed by atoms with Crippen LogP contribution in [0.15, 0.2) is 18.3 Å². The number of aromatic amines is 1. The summed E-state index contributed by atoms with van der Waals surface area (Å²) in [5.41, 5.74) is 1.49. The summed E-state index contributed by atoms with van der Waals surface area (Å²) < 4.78 is 0. The van der Waals surface area contributed by atoms with E-state index in [1.54, 1.807) is 18.3 Å². The van der Waals surface area contributed by atoms with Crippen molar-refractivity contribution in [3.63, 3.8) is 0 Å². The van der Waals surface area contributed by atoms with E-state index in [1.807, 2.05) is 0 Å². The predicted octanol–water partition coefficient (Wildman–Crippen LogP) is 5.63. The van der Waals surface area contributed by atoms with Crippen LogP contribution in [0, 0.1) is 0 Å². The molecule has 1 heterocycles. The first-order valence-corrected chi connectivity index (χ1v) is 7.38. The lowest BCUT2D eigenvalue weighted by Gasteiger charge is -2.02. The van der Waals surface area contributed by atoms with Crippen molar-refractivity contribution in [2.45, 2.75) is 39.0 Å². The molecule has 1 aromatic carbocycles. The third-order valence-electron chi connectivity index (χ3n) is 3.25. The van der Waals surface area contributed by atoms with Crippen LogP contribution in [0.5, 0.6) is 0 Å². The van der Waals surface area contributed by atoms with Crippen LogP contribution in [-0.4, -0.2) is 10.8 Å². The number of hydrogen-bond donors (Lipinski definition) is 1. The van der Waals surface area contributed by atoms with E-state index in [4.69, 9.17) is 23.2 Å². The number of ketones is 1. The van der Waals surface area contributed by atoms with Crippen molar-refractivity contribution in [3.05, 3.63) is 33.9 Å². The van der Waals surface area contributed by atoms with Crippen LogP contribution < -0.4 is 0 Å². The second kappa shape index (κ2) is 6.44. The first-order chi connectivity index (χ1) is 9.13. The van der Waals surface area contributed by atoms with Crippen LogP contribution >= 0.6 is 23.2 Å². The molecule has 0 fully saturated rings. The Kier molecular flexibility index (Phi) is 4.89. The van der Waals surface area contributed by atoms with Crippen molar-refractivity contribution in [1.29, 1.82) is 0 Å². The normalized spacial score (nSPS) is 11.1. The van der Waals surface area contributed by atoms with Gasteiger partial charge in [0.1, 0.15) is 0 Å². The summed E-state index contributed by atoms with van der Waals surface area (Å²) in [4.78, 5) is 15.3. The van der Waals surface area contributed by atoms with Gasteiger partial charge in [-0.25, -0.2) is 0 Å². The molecule has 0 bridgehead atoms. The summed E-state index contributed by atoms with van der Waals surface area (Å²) in [6.45, 7) is 2.16. The number of unbranched alkanes of at least 4 members (excludes halogenated alkanes) is 3. The predicted molar refractivity (Wildman–Crippen MR) is 81.4 cm³/mol. The van der Waals surface area contributed by atoms with Gasteiger partial charge in [0.2, 0.25) is 0 Å². The molecule has 0 amide bonds. The van der Waals surface area contributed by atoms with Crippen LogP contribution in [-0.2, 0) is 0 Å². The summed E-state index contributed by atoms with van der Waals surface area (Å²) in [6, 6.07) is 3.46. The molecule has 0 radical (unpaired) electrons. The standard InChI is InChI=1S/C15H17Cl2NO/c1-2-3-4-5-6-14(19)11-9-18-13-8-10(16)7-12(17)15(11)13/h7-9,18H,2-6H2,1H3. The van der Waals surface area contributed by atoms with Gasteiger partial charge in [0.15, 0.2) is 5.78 Å².